The lowest BCUT2D eigenvalue weighted by molar-refractivity contribution is -0.908. The highest BCUT2D eigenvalue weighted by molar-refractivity contribution is 7.13. The largest absolute Gasteiger partial charge is 0.493 e. The van der Waals surface area contributed by atoms with Crippen LogP contribution in [-0.2, 0) is 13.1 Å². The van der Waals surface area contributed by atoms with Crippen LogP contribution in [0.3, 0.4) is 0 Å². The Bertz CT molecular complexity index is 882. The Kier molecular flexibility index (Phi) is 6.14. The van der Waals surface area contributed by atoms with Crippen LogP contribution >= 0.6 is 22.9 Å². The third-order valence-corrected chi connectivity index (χ3v) is 5.24. The fraction of sp³-hybridized carbons (Fsp3) is 0.250. The highest BCUT2D eigenvalue weighted by Gasteiger charge is 2.12. The number of thiazole rings is 1. The first-order valence-corrected chi connectivity index (χ1v) is 9.57. The van der Waals surface area contributed by atoms with Crippen molar-refractivity contribution in [3.05, 3.63) is 64.1 Å². The molecule has 1 unspecified atom stereocenters. The van der Waals surface area contributed by atoms with Gasteiger partial charge in [0.05, 0.1) is 21.3 Å². The quantitative estimate of drug-likeness (QED) is 0.669. The molecule has 4 nitrogen and oxygen atoms in total. The second-order valence-corrected chi connectivity index (χ2v) is 7.45. The Morgan fingerprint density at radius 1 is 1.04 bits per heavy atom. The van der Waals surface area contributed by atoms with E-state index in [1.54, 1.807) is 25.6 Å². The van der Waals surface area contributed by atoms with Gasteiger partial charge in [-0.15, -0.1) is 11.3 Å². The first-order valence-electron chi connectivity index (χ1n) is 8.31. The van der Waals surface area contributed by atoms with E-state index in [2.05, 4.69) is 18.5 Å². The smallest absolute Gasteiger partial charge is 0.161 e. The van der Waals surface area contributed by atoms with Crippen LogP contribution in [0.25, 0.3) is 10.6 Å². The predicted molar refractivity (Wildman–Crippen MR) is 106 cm³/mol. The minimum atomic E-state index is 0.713. The van der Waals surface area contributed by atoms with Crippen molar-refractivity contribution in [2.45, 2.75) is 13.1 Å². The molecule has 0 saturated heterocycles. The molecular weight excluding hydrogens is 368 g/mol. The first-order chi connectivity index (χ1) is 12.6. The number of nitrogens with zero attached hydrogens (tertiary/aromatic N) is 1. The molecule has 6 heteroatoms. The summed E-state index contributed by atoms with van der Waals surface area (Å²) in [7, 11) is 5.44. The van der Waals surface area contributed by atoms with Crippen LogP contribution in [-0.4, -0.2) is 26.3 Å². The zero-order chi connectivity index (χ0) is 18.5. The van der Waals surface area contributed by atoms with Crippen LogP contribution in [0, 0.1) is 0 Å². The third kappa shape index (κ3) is 4.55. The Hall–Kier alpha value is -2.08. The summed E-state index contributed by atoms with van der Waals surface area (Å²) in [5.74, 6) is 1.43. The molecule has 1 N–H and O–H groups in total. The Balaban J connectivity index is 1.69. The molecule has 0 radical (unpaired) electrons. The van der Waals surface area contributed by atoms with Gasteiger partial charge in [-0.3, -0.25) is 0 Å². The van der Waals surface area contributed by atoms with E-state index in [9.17, 15) is 0 Å². The Morgan fingerprint density at radius 3 is 2.58 bits per heavy atom. The number of aromatic nitrogens is 1. The van der Waals surface area contributed by atoms with Gasteiger partial charge in [-0.1, -0.05) is 23.7 Å². The number of halogens is 1. The Labute approximate surface area is 163 Å². The molecule has 0 aliphatic carbocycles. The number of methoxy groups -OCH3 is 2. The normalized spacial score (nSPS) is 12.0. The SMILES string of the molecule is COc1ccc(-c2nc(C[NH+](C)Cc3cccc(Cl)c3)cs2)cc1OC. The maximum Gasteiger partial charge on any atom is 0.161 e. The molecule has 0 bridgehead atoms. The standard InChI is InChI=1S/C20H21ClN2O2S/c1-23(11-14-5-4-6-16(21)9-14)12-17-13-26-20(22-17)15-7-8-18(24-2)19(10-15)25-3/h4-10,13H,11-12H2,1-3H3/p+1. The summed E-state index contributed by atoms with van der Waals surface area (Å²) in [4.78, 5) is 6.14. The van der Waals surface area contributed by atoms with E-state index in [4.69, 9.17) is 26.1 Å². The van der Waals surface area contributed by atoms with E-state index in [0.29, 0.717) is 5.75 Å². The molecule has 0 aliphatic rings. The fourth-order valence-corrected chi connectivity index (χ4v) is 3.89. The number of benzene rings is 2. The molecule has 1 aromatic heterocycles. The maximum absolute atomic E-state index is 6.07. The van der Waals surface area contributed by atoms with Gasteiger partial charge in [0.15, 0.2) is 11.5 Å². The van der Waals surface area contributed by atoms with E-state index in [-0.39, 0.29) is 0 Å². The topological polar surface area (TPSA) is 35.8 Å². The van der Waals surface area contributed by atoms with Crippen molar-refractivity contribution in [1.29, 1.82) is 0 Å². The van der Waals surface area contributed by atoms with E-state index in [1.165, 1.54) is 10.5 Å². The van der Waals surface area contributed by atoms with Crippen molar-refractivity contribution in [2.75, 3.05) is 21.3 Å². The van der Waals surface area contributed by atoms with Gasteiger partial charge in [0.1, 0.15) is 23.8 Å². The lowest BCUT2D eigenvalue weighted by Crippen LogP contribution is -3.06. The van der Waals surface area contributed by atoms with Crippen LogP contribution in [0.15, 0.2) is 47.8 Å². The molecule has 0 aliphatic heterocycles. The van der Waals surface area contributed by atoms with Gasteiger partial charge in [-0.25, -0.2) is 4.98 Å². The molecule has 3 rings (SSSR count). The molecule has 0 amide bonds. The number of hydrogen-bond acceptors (Lipinski definition) is 4. The monoisotopic (exact) mass is 389 g/mol. The van der Waals surface area contributed by atoms with Crippen LogP contribution < -0.4 is 14.4 Å². The van der Waals surface area contributed by atoms with Crippen molar-refractivity contribution in [3.63, 3.8) is 0 Å². The van der Waals surface area contributed by atoms with Gasteiger partial charge in [0.25, 0.3) is 0 Å². The highest BCUT2D eigenvalue weighted by Crippen LogP contribution is 2.33. The Morgan fingerprint density at radius 2 is 1.85 bits per heavy atom. The van der Waals surface area contributed by atoms with E-state index < -0.39 is 0 Å². The molecule has 136 valence electrons. The summed E-state index contributed by atoms with van der Waals surface area (Å²) in [6.07, 6.45) is 0. The van der Waals surface area contributed by atoms with Crippen LogP contribution in [0.4, 0.5) is 0 Å². The summed E-state index contributed by atoms with van der Waals surface area (Å²) in [6.45, 7) is 1.76. The average molecular weight is 390 g/mol. The molecule has 0 spiro atoms. The van der Waals surface area contributed by atoms with Crippen molar-refractivity contribution >= 4 is 22.9 Å². The minimum absolute atomic E-state index is 0.713. The van der Waals surface area contributed by atoms with Gasteiger partial charge >= 0.3 is 0 Å². The summed E-state index contributed by atoms with van der Waals surface area (Å²) in [5, 5.41) is 3.88. The molecule has 1 heterocycles. The van der Waals surface area contributed by atoms with E-state index >= 15 is 0 Å². The highest BCUT2D eigenvalue weighted by atomic mass is 35.5. The van der Waals surface area contributed by atoms with Gasteiger partial charge < -0.3 is 14.4 Å². The summed E-state index contributed by atoms with van der Waals surface area (Å²) < 4.78 is 10.7. The van der Waals surface area contributed by atoms with E-state index in [1.807, 2.05) is 36.4 Å². The van der Waals surface area contributed by atoms with Gasteiger partial charge in [0, 0.05) is 21.5 Å². The first kappa shape index (κ1) is 18.7. The predicted octanol–water partition coefficient (Wildman–Crippen LogP) is 3.70. The maximum atomic E-state index is 6.07. The number of nitrogens with one attached hydrogen (secondary N) is 1. The van der Waals surface area contributed by atoms with Gasteiger partial charge in [0.2, 0.25) is 0 Å². The van der Waals surface area contributed by atoms with Crippen molar-refractivity contribution in [2.24, 2.45) is 0 Å². The second-order valence-electron chi connectivity index (χ2n) is 6.15. The average Bonchev–Trinajstić information content (AvgIpc) is 3.09. The molecule has 3 aromatic rings. The molecule has 26 heavy (non-hydrogen) atoms. The van der Waals surface area contributed by atoms with Crippen molar-refractivity contribution in [1.82, 2.24) is 4.98 Å². The van der Waals surface area contributed by atoms with Gasteiger partial charge in [-0.2, -0.15) is 0 Å². The van der Waals surface area contributed by atoms with E-state index in [0.717, 1.165) is 40.1 Å². The van der Waals surface area contributed by atoms with Crippen molar-refractivity contribution < 1.29 is 14.4 Å². The number of quaternary nitrogens is 1. The van der Waals surface area contributed by atoms with Crippen LogP contribution in [0.5, 0.6) is 11.5 Å². The molecular formula is C20H22ClN2O2S+. The van der Waals surface area contributed by atoms with Gasteiger partial charge in [-0.05, 0) is 30.3 Å². The second kappa shape index (κ2) is 8.54. The minimum Gasteiger partial charge on any atom is -0.493 e. The van der Waals surface area contributed by atoms with Crippen molar-refractivity contribution in [3.8, 4) is 22.1 Å². The summed E-state index contributed by atoms with van der Waals surface area (Å²) in [5.41, 5.74) is 3.34. The number of rotatable bonds is 7. The lowest BCUT2D eigenvalue weighted by Gasteiger charge is -2.12. The zero-order valence-corrected chi connectivity index (χ0v) is 16.7. The number of hydrogen-bond donors (Lipinski definition) is 1. The molecule has 2 aromatic carbocycles. The molecule has 0 saturated carbocycles. The lowest BCUT2D eigenvalue weighted by atomic mass is 10.2. The fourth-order valence-electron chi connectivity index (χ4n) is 2.86. The number of ether oxygens (including phenoxy) is 2. The van der Waals surface area contributed by atoms with Crippen LogP contribution in [0.1, 0.15) is 11.3 Å². The zero-order valence-electron chi connectivity index (χ0n) is 15.1. The summed E-state index contributed by atoms with van der Waals surface area (Å²) in [6, 6.07) is 13.9. The summed E-state index contributed by atoms with van der Waals surface area (Å²) >= 11 is 7.71. The molecule has 0 fully saturated rings. The van der Waals surface area contributed by atoms with Crippen LogP contribution in [0.2, 0.25) is 5.02 Å². The molecule has 1 atom stereocenters. The third-order valence-electron chi connectivity index (χ3n) is 4.06.